The predicted octanol–water partition coefficient (Wildman–Crippen LogP) is 2.92. The minimum atomic E-state index is -0.684. The number of nitrogens with zero attached hydrogens (tertiary/aromatic N) is 1. The van der Waals surface area contributed by atoms with Crippen LogP contribution in [0.25, 0.3) is 0 Å². The molecule has 0 saturated heterocycles. The molecule has 0 fully saturated rings. The summed E-state index contributed by atoms with van der Waals surface area (Å²) in [6.07, 6.45) is 0.166. The van der Waals surface area contributed by atoms with Crippen LogP contribution in [0.2, 0.25) is 0 Å². The number of carbonyl (C=O) groups is 2. The van der Waals surface area contributed by atoms with Gasteiger partial charge in [-0.25, -0.2) is 4.39 Å². The van der Waals surface area contributed by atoms with E-state index in [0.29, 0.717) is 12.1 Å². The van der Waals surface area contributed by atoms with Gasteiger partial charge in [-0.1, -0.05) is 48.5 Å². The number of benzene rings is 2. The molecule has 2 amide bonds. The largest absolute Gasteiger partial charge is 0.355 e. The van der Waals surface area contributed by atoms with Crippen molar-refractivity contribution in [1.29, 1.82) is 0 Å². The van der Waals surface area contributed by atoms with Crippen molar-refractivity contribution in [2.45, 2.75) is 32.9 Å². The smallest absolute Gasteiger partial charge is 0.242 e. The number of carbonyl (C=O) groups excluding carboxylic acids is 2. The van der Waals surface area contributed by atoms with Crippen LogP contribution in [0.5, 0.6) is 0 Å². The Morgan fingerprint density at radius 3 is 2.36 bits per heavy atom. The summed E-state index contributed by atoms with van der Waals surface area (Å²) in [5.74, 6) is -0.850. The third kappa shape index (κ3) is 5.14. The van der Waals surface area contributed by atoms with Crippen LogP contribution in [0.1, 0.15) is 25.0 Å². The molecule has 0 spiro atoms. The molecule has 0 unspecified atom stereocenters. The second-order valence-electron chi connectivity index (χ2n) is 5.85. The lowest BCUT2D eigenvalue weighted by Crippen LogP contribution is -2.48. The summed E-state index contributed by atoms with van der Waals surface area (Å²) in [6.45, 7) is 4.01. The molecule has 132 valence electrons. The Balaban J connectivity index is 2.23. The predicted molar refractivity (Wildman–Crippen MR) is 95.2 cm³/mol. The molecule has 5 heteroatoms. The molecular weight excluding hydrogens is 319 g/mol. The van der Waals surface area contributed by atoms with Gasteiger partial charge < -0.3 is 10.2 Å². The van der Waals surface area contributed by atoms with Crippen LogP contribution in [-0.4, -0.2) is 29.3 Å². The highest BCUT2D eigenvalue weighted by Crippen LogP contribution is 2.15. The zero-order valence-corrected chi connectivity index (χ0v) is 14.5. The van der Waals surface area contributed by atoms with Crippen molar-refractivity contribution in [3.63, 3.8) is 0 Å². The molecule has 0 aliphatic rings. The monoisotopic (exact) mass is 342 g/mol. The molecule has 1 N–H and O–H groups in total. The van der Waals surface area contributed by atoms with Crippen molar-refractivity contribution < 1.29 is 14.0 Å². The Morgan fingerprint density at radius 1 is 1.08 bits per heavy atom. The summed E-state index contributed by atoms with van der Waals surface area (Å²) in [5, 5.41) is 2.72. The molecule has 2 rings (SSSR count). The van der Waals surface area contributed by atoms with Crippen LogP contribution in [0.15, 0.2) is 54.6 Å². The normalized spacial score (nSPS) is 11.6. The van der Waals surface area contributed by atoms with E-state index < -0.39 is 6.04 Å². The third-order valence-corrected chi connectivity index (χ3v) is 4.02. The van der Waals surface area contributed by atoms with E-state index in [1.165, 1.54) is 11.0 Å². The summed E-state index contributed by atoms with van der Waals surface area (Å²) < 4.78 is 14.0. The fraction of sp³-hybridized carbons (Fsp3) is 0.300. The average molecular weight is 342 g/mol. The van der Waals surface area contributed by atoms with E-state index in [1.807, 2.05) is 37.3 Å². The zero-order valence-electron chi connectivity index (χ0n) is 14.5. The highest BCUT2D eigenvalue weighted by Gasteiger charge is 2.26. The van der Waals surface area contributed by atoms with Crippen LogP contribution >= 0.6 is 0 Å². The van der Waals surface area contributed by atoms with Gasteiger partial charge in [0.15, 0.2) is 0 Å². The maximum absolute atomic E-state index is 14.0. The van der Waals surface area contributed by atoms with Crippen LogP contribution in [-0.2, 0) is 22.6 Å². The molecule has 2 aromatic carbocycles. The first-order valence-corrected chi connectivity index (χ1v) is 8.37. The van der Waals surface area contributed by atoms with E-state index in [-0.39, 0.29) is 30.6 Å². The molecule has 0 aliphatic heterocycles. The Morgan fingerprint density at radius 2 is 1.72 bits per heavy atom. The first kappa shape index (κ1) is 18.6. The molecule has 2 aromatic rings. The second-order valence-corrected chi connectivity index (χ2v) is 5.85. The van der Waals surface area contributed by atoms with Crippen LogP contribution in [0.4, 0.5) is 4.39 Å². The summed E-state index contributed by atoms with van der Waals surface area (Å²) in [4.78, 5) is 26.4. The van der Waals surface area contributed by atoms with E-state index in [2.05, 4.69) is 5.32 Å². The standard InChI is InChI=1S/C20H23FN2O2/c1-3-22-20(25)15(2)23(14-17-11-7-8-12-18(17)21)19(24)13-16-9-5-4-6-10-16/h4-12,15H,3,13-14H2,1-2H3,(H,22,25)/t15-/m1/s1. The van der Waals surface area contributed by atoms with Gasteiger partial charge in [0.1, 0.15) is 11.9 Å². The molecular formula is C20H23FN2O2. The maximum atomic E-state index is 14.0. The van der Waals surface area contributed by atoms with Crippen molar-refractivity contribution >= 4 is 11.8 Å². The summed E-state index contributed by atoms with van der Waals surface area (Å²) in [7, 11) is 0. The fourth-order valence-electron chi connectivity index (χ4n) is 2.59. The Kier molecular flexibility index (Phi) is 6.69. The van der Waals surface area contributed by atoms with Gasteiger partial charge in [0.2, 0.25) is 11.8 Å². The van der Waals surface area contributed by atoms with Crippen molar-refractivity contribution in [1.82, 2.24) is 10.2 Å². The summed E-state index contributed by atoms with van der Waals surface area (Å²) >= 11 is 0. The third-order valence-electron chi connectivity index (χ3n) is 4.02. The quantitative estimate of drug-likeness (QED) is 0.841. The van der Waals surface area contributed by atoms with Gasteiger partial charge in [0, 0.05) is 18.7 Å². The molecule has 4 nitrogen and oxygen atoms in total. The van der Waals surface area contributed by atoms with Crippen molar-refractivity contribution in [2.24, 2.45) is 0 Å². The molecule has 0 bridgehead atoms. The molecule has 0 heterocycles. The SMILES string of the molecule is CCNC(=O)[C@@H](C)N(Cc1ccccc1F)C(=O)Cc1ccccc1. The number of hydrogen-bond acceptors (Lipinski definition) is 2. The molecule has 0 aromatic heterocycles. The van der Waals surface area contributed by atoms with E-state index in [9.17, 15) is 14.0 Å². The minimum Gasteiger partial charge on any atom is -0.355 e. The number of rotatable bonds is 7. The maximum Gasteiger partial charge on any atom is 0.242 e. The van der Waals surface area contributed by atoms with E-state index in [1.54, 1.807) is 25.1 Å². The van der Waals surface area contributed by atoms with Gasteiger partial charge in [-0.05, 0) is 25.5 Å². The lowest BCUT2D eigenvalue weighted by Gasteiger charge is -2.29. The molecule has 0 aliphatic carbocycles. The minimum absolute atomic E-state index is 0.0522. The van der Waals surface area contributed by atoms with Crippen molar-refractivity contribution in [2.75, 3.05) is 6.54 Å². The number of halogens is 1. The highest BCUT2D eigenvalue weighted by molar-refractivity contribution is 5.88. The summed E-state index contributed by atoms with van der Waals surface area (Å²) in [5.41, 5.74) is 1.24. The lowest BCUT2D eigenvalue weighted by molar-refractivity contribution is -0.140. The second kappa shape index (κ2) is 8.97. The number of hydrogen-bond donors (Lipinski definition) is 1. The zero-order chi connectivity index (χ0) is 18.2. The average Bonchev–Trinajstić information content (AvgIpc) is 2.61. The Hall–Kier alpha value is -2.69. The molecule has 0 saturated carbocycles. The Bertz CT molecular complexity index is 719. The summed E-state index contributed by atoms with van der Waals surface area (Å²) in [6, 6.07) is 14.9. The first-order chi connectivity index (χ1) is 12.0. The van der Waals surface area contributed by atoms with Gasteiger partial charge in [-0.3, -0.25) is 9.59 Å². The van der Waals surface area contributed by atoms with Crippen molar-refractivity contribution in [3.05, 3.63) is 71.5 Å². The number of amides is 2. The van der Waals surface area contributed by atoms with Gasteiger partial charge in [-0.15, -0.1) is 0 Å². The molecule has 0 radical (unpaired) electrons. The fourth-order valence-corrected chi connectivity index (χ4v) is 2.59. The van der Waals surface area contributed by atoms with Gasteiger partial charge in [0.25, 0.3) is 0 Å². The van der Waals surface area contributed by atoms with Crippen molar-refractivity contribution in [3.8, 4) is 0 Å². The Labute approximate surface area is 147 Å². The first-order valence-electron chi connectivity index (χ1n) is 8.37. The van der Waals surface area contributed by atoms with E-state index >= 15 is 0 Å². The van der Waals surface area contributed by atoms with Gasteiger partial charge in [-0.2, -0.15) is 0 Å². The number of nitrogens with one attached hydrogen (secondary N) is 1. The topological polar surface area (TPSA) is 49.4 Å². The molecule has 25 heavy (non-hydrogen) atoms. The highest BCUT2D eigenvalue weighted by atomic mass is 19.1. The van der Waals surface area contributed by atoms with Crippen LogP contribution in [0, 0.1) is 5.82 Å². The molecule has 1 atom stereocenters. The van der Waals surface area contributed by atoms with Crippen LogP contribution in [0.3, 0.4) is 0 Å². The van der Waals surface area contributed by atoms with E-state index in [0.717, 1.165) is 5.56 Å². The van der Waals surface area contributed by atoms with Crippen LogP contribution < -0.4 is 5.32 Å². The van der Waals surface area contributed by atoms with E-state index in [4.69, 9.17) is 0 Å². The number of likely N-dealkylation sites (N-methyl/N-ethyl adjacent to an activating group) is 1. The van der Waals surface area contributed by atoms with Gasteiger partial charge >= 0.3 is 0 Å². The van der Waals surface area contributed by atoms with Gasteiger partial charge in [0.05, 0.1) is 6.42 Å². The lowest BCUT2D eigenvalue weighted by atomic mass is 10.1.